The van der Waals surface area contributed by atoms with E-state index in [1.54, 1.807) is 11.3 Å². The van der Waals surface area contributed by atoms with E-state index in [9.17, 15) is 0 Å². The minimum absolute atomic E-state index is 0.398. The topological polar surface area (TPSA) is 21.3 Å². The monoisotopic (exact) mass is 273 g/mol. The van der Waals surface area contributed by atoms with Crippen LogP contribution < -0.4 is 5.32 Å². The first kappa shape index (κ1) is 13.3. The summed E-state index contributed by atoms with van der Waals surface area (Å²) in [5, 5.41) is 6.34. The molecule has 1 N–H and O–H groups in total. The van der Waals surface area contributed by atoms with Crippen molar-refractivity contribution >= 4 is 22.9 Å². The lowest BCUT2D eigenvalue weighted by atomic mass is 9.78. The molecule has 1 unspecified atom stereocenters. The molecule has 2 rings (SSSR count). The van der Waals surface area contributed by atoms with Gasteiger partial charge in [-0.2, -0.15) is 0 Å². The lowest BCUT2D eigenvalue weighted by Gasteiger charge is -2.36. The second-order valence-electron chi connectivity index (χ2n) is 4.62. The molecular formula is C13H20ClNOS. The Balaban J connectivity index is 1.84. The Morgan fingerprint density at radius 3 is 2.88 bits per heavy atom. The van der Waals surface area contributed by atoms with E-state index in [0.717, 1.165) is 17.5 Å². The molecule has 0 aromatic carbocycles. The van der Waals surface area contributed by atoms with Crippen molar-refractivity contribution < 1.29 is 4.74 Å². The standard InChI is InChI=1S/C13H20ClNOS/c1-3-16-10-6-9(7-10)8-12(15-2)13-11(14)4-5-17-13/h4-5,9-10,12,15H,3,6-8H2,1-2H3. The van der Waals surface area contributed by atoms with Crippen LogP contribution in [0.15, 0.2) is 11.4 Å². The van der Waals surface area contributed by atoms with Gasteiger partial charge in [0.1, 0.15) is 0 Å². The van der Waals surface area contributed by atoms with Crippen LogP contribution in [0.3, 0.4) is 0 Å². The van der Waals surface area contributed by atoms with Gasteiger partial charge in [0.2, 0.25) is 0 Å². The van der Waals surface area contributed by atoms with Gasteiger partial charge in [-0.05, 0) is 50.6 Å². The highest BCUT2D eigenvalue weighted by molar-refractivity contribution is 7.10. The Morgan fingerprint density at radius 2 is 2.35 bits per heavy atom. The zero-order valence-electron chi connectivity index (χ0n) is 10.4. The fourth-order valence-electron chi connectivity index (χ4n) is 2.48. The molecule has 1 aliphatic carbocycles. The van der Waals surface area contributed by atoms with E-state index in [2.05, 4.69) is 17.6 Å². The molecule has 1 aromatic rings. The summed E-state index contributed by atoms with van der Waals surface area (Å²) in [5.74, 6) is 0.780. The largest absolute Gasteiger partial charge is 0.378 e. The van der Waals surface area contributed by atoms with E-state index in [1.807, 2.05) is 13.1 Å². The van der Waals surface area contributed by atoms with Crippen molar-refractivity contribution in [1.82, 2.24) is 5.32 Å². The lowest BCUT2D eigenvalue weighted by Crippen LogP contribution is -2.34. The number of halogens is 1. The summed E-state index contributed by atoms with van der Waals surface area (Å²) in [6, 6.07) is 2.38. The molecule has 1 saturated carbocycles. The van der Waals surface area contributed by atoms with Gasteiger partial charge in [-0.25, -0.2) is 0 Å². The summed E-state index contributed by atoms with van der Waals surface area (Å²) in [6.07, 6.45) is 4.07. The SMILES string of the molecule is CCOC1CC(CC(NC)c2sccc2Cl)C1. The van der Waals surface area contributed by atoms with Crippen molar-refractivity contribution in [3.8, 4) is 0 Å². The normalized spacial score (nSPS) is 25.6. The first-order chi connectivity index (χ1) is 8.24. The number of ether oxygens (including phenoxy) is 1. The van der Waals surface area contributed by atoms with Crippen LogP contribution in [0, 0.1) is 5.92 Å². The summed E-state index contributed by atoms with van der Waals surface area (Å²) in [4.78, 5) is 1.27. The Bertz CT molecular complexity index is 349. The third kappa shape index (κ3) is 3.22. The Kier molecular flexibility index (Phi) is 4.86. The maximum Gasteiger partial charge on any atom is 0.0580 e. The summed E-state index contributed by atoms with van der Waals surface area (Å²) in [7, 11) is 2.01. The molecule has 1 aromatic heterocycles. The molecule has 0 saturated heterocycles. The fourth-order valence-corrected chi connectivity index (χ4v) is 3.79. The quantitative estimate of drug-likeness (QED) is 0.850. The molecule has 0 amide bonds. The molecule has 0 aliphatic heterocycles. The van der Waals surface area contributed by atoms with Gasteiger partial charge in [0.15, 0.2) is 0 Å². The van der Waals surface area contributed by atoms with Crippen molar-refractivity contribution in [1.29, 1.82) is 0 Å². The van der Waals surface area contributed by atoms with Crippen molar-refractivity contribution in [3.05, 3.63) is 21.3 Å². The van der Waals surface area contributed by atoms with E-state index in [1.165, 1.54) is 24.1 Å². The average molecular weight is 274 g/mol. The number of nitrogens with one attached hydrogen (secondary N) is 1. The third-order valence-corrected chi connectivity index (χ3v) is 4.95. The van der Waals surface area contributed by atoms with Crippen LogP contribution in [-0.4, -0.2) is 19.8 Å². The van der Waals surface area contributed by atoms with E-state index in [0.29, 0.717) is 12.1 Å². The van der Waals surface area contributed by atoms with Gasteiger partial charge in [0.05, 0.1) is 11.1 Å². The van der Waals surface area contributed by atoms with Crippen LogP contribution in [0.1, 0.15) is 37.1 Å². The molecule has 1 aliphatic rings. The molecule has 1 fully saturated rings. The van der Waals surface area contributed by atoms with Crippen LogP contribution in [-0.2, 0) is 4.74 Å². The number of hydrogen-bond acceptors (Lipinski definition) is 3. The van der Waals surface area contributed by atoms with Crippen molar-refractivity contribution in [2.45, 2.75) is 38.3 Å². The van der Waals surface area contributed by atoms with Crippen molar-refractivity contribution in [2.75, 3.05) is 13.7 Å². The van der Waals surface area contributed by atoms with Gasteiger partial charge < -0.3 is 10.1 Å². The maximum atomic E-state index is 6.18. The molecule has 17 heavy (non-hydrogen) atoms. The number of hydrogen-bond donors (Lipinski definition) is 1. The second kappa shape index (κ2) is 6.19. The van der Waals surface area contributed by atoms with Crippen LogP contribution in [0.2, 0.25) is 5.02 Å². The van der Waals surface area contributed by atoms with Crippen molar-refractivity contribution in [3.63, 3.8) is 0 Å². The van der Waals surface area contributed by atoms with Crippen LogP contribution in [0.25, 0.3) is 0 Å². The van der Waals surface area contributed by atoms with E-state index in [-0.39, 0.29) is 0 Å². The molecule has 0 spiro atoms. The first-order valence-electron chi connectivity index (χ1n) is 6.26. The minimum Gasteiger partial charge on any atom is -0.378 e. The first-order valence-corrected chi connectivity index (χ1v) is 7.52. The molecule has 0 radical (unpaired) electrons. The molecular weight excluding hydrogens is 254 g/mol. The van der Waals surface area contributed by atoms with Gasteiger partial charge in [-0.15, -0.1) is 11.3 Å². The van der Waals surface area contributed by atoms with E-state index in [4.69, 9.17) is 16.3 Å². The van der Waals surface area contributed by atoms with Crippen LogP contribution >= 0.6 is 22.9 Å². The number of rotatable bonds is 6. The third-order valence-electron chi connectivity index (χ3n) is 3.47. The zero-order chi connectivity index (χ0) is 12.3. The van der Waals surface area contributed by atoms with Crippen LogP contribution in [0.4, 0.5) is 0 Å². The Labute approximate surface area is 112 Å². The highest BCUT2D eigenvalue weighted by atomic mass is 35.5. The van der Waals surface area contributed by atoms with Gasteiger partial charge >= 0.3 is 0 Å². The van der Waals surface area contributed by atoms with Crippen LogP contribution in [0.5, 0.6) is 0 Å². The van der Waals surface area contributed by atoms with Gasteiger partial charge in [0.25, 0.3) is 0 Å². The molecule has 96 valence electrons. The fraction of sp³-hybridized carbons (Fsp3) is 0.692. The average Bonchev–Trinajstić information content (AvgIpc) is 2.68. The van der Waals surface area contributed by atoms with Gasteiger partial charge in [0, 0.05) is 17.5 Å². The second-order valence-corrected chi connectivity index (χ2v) is 5.98. The minimum atomic E-state index is 0.398. The molecule has 4 heteroatoms. The van der Waals surface area contributed by atoms with Gasteiger partial charge in [-0.3, -0.25) is 0 Å². The maximum absolute atomic E-state index is 6.18. The summed E-state index contributed by atoms with van der Waals surface area (Å²) < 4.78 is 5.59. The Morgan fingerprint density at radius 1 is 1.59 bits per heavy atom. The van der Waals surface area contributed by atoms with E-state index >= 15 is 0 Å². The Hall–Kier alpha value is -0.0900. The highest BCUT2D eigenvalue weighted by Gasteiger charge is 2.32. The predicted molar refractivity (Wildman–Crippen MR) is 73.9 cm³/mol. The number of thiophene rings is 1. The van der Waals surface area contributed by atoms with E-state index < -0.39 is 0 Å². The summed E-state index contributed by atoms with van der Waals surface area (Å²) >= 11 is 7.93. The molecule has 2 nitrogen and oxygen atoms in total. The molecule has 1 heterocycles. The smallest absolute Gasteiger partial charge is 0.0580 e. The highest BCUT2D eigenvalue weighted by Crippen LogP contribution is 2.39. The van der Waals surface area contributed by atoms with Gasteiger partial charge in [-0.1, -0.05) is 11.6 Å². The molecule has 1 atom stereocenters. The summed E-state index contributed by atoms with van der Waals surface area (Å²) in [5.41, 5.74) is 0. The molecule has 0 bridgehead atoms. The summed E-state index contributed by atoms with van der Waals surface area (Å²) in [6.45, 7) is 2.90. The predicted octanol–water partition coefficient (Wildman–Crippen LogP) is 3.87. The van der Waals surface area contributed by atoms with Crippen molar-refractivity contribution in [2.24, 2.45) is 5.92 Å². The lowest BCUT2D eigenvalue weighted by molar-refractivity contribution is -0.0288. The zero-order valence-corrected chi connectivity index (χ0v) is 12.0.